The molecule has 4 rings (SSSR count). The monoisotopic (exact) mass is 449 g/mol. The van der Waals surface area contributed by atoms with Gasteiger partial charge in [0.15, 0.2) is 11.5 Å². The Morgan fingerprint density at radius 3 is 2.44 bits per heavy atom. The van der Waals surface area contributed by atoms with E-state index in [1.165, 1.54) is 23.1 Å². The zero-order valence-corrected chi connectivity index (χ0v) is 17.2. The highest BCUT2D eigenvalue weighted by atomic mass is 19.4. The fourth-order valence-electron chi connectivity index (χ4n) is 3.72. The van der Waals surface area contributed by atoms with E-state index in [9.17, 15) is 22.8 Å². The van der Waals surface area contributed by atoms with Crippen LogP contribution in [0.2, 0.25) is 0 Å². The second-order valence-corrected chi connectivity index (χ2v) is 7.54. The number of hydrogen-bond donors (Lipinski definition) is 1. The summed E-state index contributed by atoms with van der Waals surface area (Å²) in [6, 6.07) is 9.98. The molecule has 2 heterocycles. The van der Waals surface area contributed by atoms with Gasteiger partial charge in [-0.1, -0.05) is 12.1 Å². The Morgan fingerprint density at radius 1 is 0.969 bits per heavy atom. The molecule has 32 heavy (non-hydrogen) atoms. The van der Waals surface area contributed by atoms with Crippen LogP contribution < -0.4 is 14.8 Å². The number of hydrogen-bond acceptors (Lipinski definition) is 5. The highest BCUT2D eigenvalue weighted by Crippen LogP contribution is 2.34. The quantitative estimate of drug-likeness (QED) is 0.759. The molecule has 2 amide bonds. The first-order valence-corrected chi connectivity index (χ1v) is 10.2. The minimum Gasteiger partial charge on any atom is -0.454 e. The van der Waals surface area contributed by atoms with E-state index < -0.39 is 17.6 Å². The van der Waals surface area contributed by atoms with Crippen LogP contribution in [-0.4, -0.2) is 61.1 Å². The molecule has 0 unspecified atom stereocenters. The van der Waals surface area contributed by atoms with Gasteiger partial charge < -0.3 is 19.7 Å². The Kier molecular flexibility index (Phi) is 6.22. The predicted octanol–water partition coefficient (Wildman–Crippen LogP) is 3.22. The van der Waals surface area contributed by atoms with E-state index in [1.54, 1.807) is 18.2 Å². The van der Waals surface area contributed by atoms with E-state index in [-0.39, 0.29) is 24.7 Å². The number of nitrogens with one attached hydrogen (secondary N) is 1. The third kappa shape index (κ3) is 4.96. The Labute approximate surface area is 182 Å². The highest BCUT2D eigenvalue weighted by Gasteiger charge is 2.36. The number of piperazine rings is 1. The smallest absolute Gasteiger partial charge is 0.417 e. The molecule has 2 aromatic carbocycles. The molecule has 0 saturated carbocycles. The second kappa shape index (κ2) is 9.07. The third-order valence-corrected chi connectivity index (χ3v) is 5.43. The number of halogens is 3. The molecule has 170 valence electrons. The number of amides is 2. The molecule has 0 aliphatic carbocycles. The van der Waals surface area contributed by atoms with Crippen molar-refractivity contribution in [3.05, 3.63) is 53.6 Å². The fraction of sp³-hybridized carbons (Fsp3) is 0.364. The van der Waals surface area contributed by atoms with Crippen LogP contribution in [0, 0.1) is 0 Å². The highest BCUT2D eigenvalue weighted by molar-refractivity contribution is 5.96. The van der Waals surface area contributed by atoms with E-state index in [1.807, 2.05) is 4.90 Å². The lowest BCUT2D eigenvalue weighted by molar-refractivity contribution is -0.138. The van der Waals surface area contributed by atoms with E-state index >= 15 is 0 Å². The molecule has 0 atom stereocenters. The molecule has 0 radical (unpaired) electrons. The summed E-state index contributed by atoms with van der Waals surface area (Å²) in [4.78, 5) is 28.3. The van der Waals surface area contributed by atoms with Crippen molar-refractivity contribution >= 4 is 17.5 Å². The van der Waals surface area contributed by atoms with Gasteiger partial charge in [0.05, 0.1) is 11.1 Å². The van der Waals surface area contributed by atoms with Crippen LogP contribution in [0.1, 0.15) is 22.3 Å². The van der Waals surface area contributed by atoms with Gasteiger partial charge in [0, 0.05) is 50.9 Å². The van der Waals surface area contributed by atoms with Crippen molar-refractivity contribution in [3.63, 3.8) is 0 Å². The van der Waals surface area contributed by atoms with Crippen molar-refractivity contribution in [2.75, 3.05) is 44.8 Å². The van der Waals surface area contributed by atoms with Crippen molar-refractivity contribution in [1.82, 2.24) is 9.80 Å². The first-order chi connectivity index (χ1) is 15.3. The summed E-state index contributed by atoms with van der Waals surface area (Å²) >= 11 is 0. The summed E-state index contributed by atoms with van der Waals surface area (Å²) in [6.07, 6.45) is -4.33. The van der Waals surface area contributed by atoms with Gasteiger partial charge in [-0.05, 0) is 24.3 Å². The van der Waals surface area contributed by atoms with Gasteiger partial charge in [-0.2, -0.15) is 13.2 Å². The maximum atomic E-state index is 13.2. The fourth-order valence-corrected chi connectivity index (χ4v) is 3.72. The summed E-state index contributed by atoms with van der Waals surface area (Å²) in [5.41, 5.74) is -0.651. The molecule has 2 aromatic rings. The molecule has 2 aliphatic heterocycles. The molecule has 0 bridgehead atoms. The first kappa shape index (κ1) is 21.9. The van der Waals surface area contributed by atoms with E-state index in [4.69, 9.17) is 9.47 Å². The molecule has 7 nitrogen and oxygen atoms in total. The van der Waals surface area contributed by atoms with Crippen molar-refractivity contribution in [1.29, 1.82) is 0 Å². The molecule has 0 spiro atoms. The standard InChI is InChI=1S/C22H22F3N3O4/c23-22(24,25)17-4-2-1-3-16(17)21(30)28-11-9-27(10-12-28)8-7-20(29)26-15-5-6-18-19(13-15)32-14-31-18/h1-6,13H,7-12,14H2,(H,26,29). The zero-order chi connectivity index (χ0) is 22.7. The Morgan fingerprint density at radius 2 is 1.69 bits per heavy atom. The number of carbonyl (C=O) groups is 2. The number of anilines is 1. The summed E-state index contributed by atoms with van der Waals surface area (Å²) in [5.74, 6) is 0.420. The Bertz CT molecular complexity index is 1000. The molecule has 1 N–H and O–H groups in total. The number of ether oxygens (including phenoxy) is 2. The molecule has 1 fully saturated rings. The number of benzene rings is 2. The Hall–Kier alpha value is -3.27. The predicted molar refractivity (Wildman–Crippen MR) is 110 cm³/mol. The van der Waals surface area contributed by atoms with Gasteiger partial charge in [-0.25, -0.2) is 0 Å². The largest absolute Gasteiger partial charge is 0.454 e. The van der Waals surface area contributed by atoms with E-state index in [2.05, 4.69) is 5.32 Å². The lowest BCUT2D eigenvalue weighted by atomic mass is 10.1. The van der Waals surface area contributed by atoms with Gasteiger partial charge >= 0.3 is 6.18 Å². The molecule has 10 heteroatoms. The number of alkyl halides is 3. The maximum absolute atomic E-state index is 13.2. The number of rotatable bonds is 5. The minimum absolute atomic E-state index is 0.156. The van der Waals surface area contributed by atoms with Gasteiger partial charge in [0.25, 0.3) is 5.91 Å². The molecule has 0 aromatic heterocycles. The van der Waals surface area contributed by atoms with Gasteiger partial charge in [-0.3, -0.25) is 14.5 Å². The third-order valence-electron chi connectivity index (χ3n) is 5.43. The second-order valence-electron chi connectivity index (χ2n) is 7.54. The zero-order valence-electron chi connectivity index (χ0n) is 17.2. The maximum Gasteiger partial charge on any atom is 0.417 e. The SMILES string of the molecule is O=C(CCN1CCN(C(=O)c2ccccc2C(F)(F)F)CC1)Nc1ccc2c(c1)OCO2. The van der Waals surface area contributed by atoms with Crippen molar-refractivity contribution in [3.8, 4) is 11.5 Å². The normalized spacial score (nSPS) is 16.2. The van der Waals surface area contributed by atoms with Gasteiger partial charge in [0.1, 0.15) is 0 Å². The van der Waals surface area contributed by atoms with Gasteiger partial charge in [-0.15, -0.1) is 0 Å². The lowest BCUT2D eigenvalue weighted by Crippen LogP contribution is -2.49. The molecular formula is C22H22F3N3O4. The number of nitrogens with zero attached hydrogens (tertiary/aromatic N) is 2. The van der Waals surface area contributed by atoms with Crippen molar-refractivity contribution in [2.24, 2.45) is 0 Å². The van der Waals surface area contributed by atoms with Crippen LogP contribution >= 0.6 is 0 Å². The average molecular weight is 449 g/mol. The number of fused-ring (bicyclic) bond motifs is 1. The van der Waals surface area contributed by atoms with Crippen LogP contribution in [0.4, 0.5) is 18.9 Å². The number of carbonyl (C=O) groups excluding carboxylic acids is 2. The molecule has 2 aliphatic rings. The first-order valence-electron chi connectivity index (χ1n) is 10.2. The van der Waals surface area contributed by atoms with Crippen LogP contribution in [0.15, 0.2) is 42.5 Å². The summed E-state index contributed by atoms with van der Waals surface area (Å²) < 4.78 is 50.1. The molecular weight excluding hydrogens is 427 g/mol. The van der Waals surface area contributed by atoms with Crippen molar-refractivity contribution in [2.45, 2.75) is 12.6 Å². The van der Waals surface area contributed by atoms with Crippen molar-refractivity contribution < 1.29 is 32.2 Å². The molecule has 1 saturated heterocycles. The summed E-state index contributed by atoms with van der Waals surface area (Å²) in [7, 11) is 0. The Balaban J connectivity index is 1.25. The van der Waals surface area contributed by atoms with Crippen LogP contribution in [0.3, 0.4) is 0 Å². The topological polar surface area (TPSA) is 71.1 Å². The average Bonchev–Trinajstić information content (AvgIpc) is 3.25. The van der Waals surface area contributed by atoms with Gasteiger partial charge in [0.2, 0.25) is 12.7 Å². The minimum atomic E-state index is -4.58. The van der Waals surface area contributed by atoms with E-state index in [0.717, 1.165) is 6.07 Å². The lowest BCUT2D eigenvalue weighted by Gasteiger charge is -2.35. The van der Waals surface area contributed by atoms with Crippen LogP contribution in [0.5, 0.6) is 11.5 Å². The summed E-state index contributed by atoms with van der Waals surface area (Å²) in [6.45, 7) is 2.21. The summed E-state index contributed by atoms with van der Waals surface area (Å²) in [5, 5.41) is 2.81. The van der Waals surface area contributed by atoms with Crippen LogP contribution in [0.25, 0.3) is 0 Å². The van der Waals surface area contributed by atoms with E-state index in [0.29, 0.717) is 49.9 Å². The van der Waals surface area contributed by atoms with Crippen LogP contribution in [-0.2, 0) is 11.0 Å².